The summed E-state index contributed by atoms with van der Waals surface area (Å²) < 4.78 is 20.8. The Morgan fingerprint density at radius 2 is 1.50 bits per heavy atom. The zero-order chi connectivity index (χ0) is 34.7. The van der Waals surface area contributed by atoms with E-state index < -0.39 is 11.7 Å². The van der Waals surface area contributed by atoms with Crippen molar-refractivity contribution in [2.24, 2.45) is 0 Å². The molecule has 0 saturated carbocycles. The highest BCUT2D eigenvalue weighted by Gasteiger charge is 2.27. The summed E-state index contributed by atoms with van der Waals surface area (Å²) in [5.74, 6) is 0.951. The van der Waals surface area contributed by atoms with E-state index in [1.165, 1.54) is 42.6 Å². The molecule has 1 aliphatic rings. The number of carbonyl (C=O) groups is 2. The first-order valence-corrected chi connectivity index (χ1v) is 16.7. The summed E-state index contributed by atoms with van der Waals surface area (Å²) in [6, 6.07) is 22.8. The number of aromatic nitrogens is 2. The van der Waals surface area contributed by atoms with Gasteiger partial charge in [-0.05, 0) is 89.6 Å². The molecule has 10 heteroatoms. The van der Waals surface area contributed by atoms with Crippen molar-refractivity contribution >= 4 is 29.2 Å². The second-order valence-electron chi connectivity index (χ2n) is 13.0. The number of nitrogens with zero attached hydrogens (tertiary/aromatic N) is 3. The van der Waals surface area contributed by atoms with E-state index in [0.29, 0.717) is 31.2 Å². The molecule has 0 spiro atoms. The fourth-order valence-corrected chi connectivity index (χ4v) is 5.11. The van der Waals surface area contributed by atoms with Crippen molar-refractivity contribution in [3.63, 3.8) is 0 Å². The number of rotatable bonds is 10. The second-order valence-corrected chi connectivity index (χ2v) is 13.0. The van der Waals surface area contributed by atoms with Crippen LogP contribution in [0.3, 0.4) is 0 Å². The van der Waals surface area contributed by atoms with Gasteiger partial charge >= 0.3 is 6.09 Å². The molecule has 48 heavy (non-hydrogen) atoms. The van der Waals surface area contributed by atoms with E-state index in [4.69, 9.17) is 9.72 Å². The summed E-state index contributed by atoms with van der Waals surface area (Å²) in [6.45, 7) is 13.9. The minimum absolute atomic E-state index is 0.158. The minimum atomic E-state index is -0.638. The molecule has 9 nitrogen and oxygen atoms in total. The summed E-state index contributed by atoms with van der Waals surface area (Å²) in [6.07, 6.45) is 3.24. The van der Waals surface area contributed by atoms with Crippen molar-refractivity contribution in [1.29, 1.82) is 0 Å². The minimum Gasteiger partial charge on any atom is -0.444 e. The molecule has 1 aromatic heterocycles. The van der Waals surface area contributed by atoms with E-state index >= 15 is 0 Å². The number of hydrogen-bond acceptors (Lipinski definition) is 6. The van der Waals surface area contributed by atoms with Gasteiger partial charge in [0.1, 0.15) is 35.3 Å². The lowest BCUT2D eigenvalue weighted by molar-refractivity contribution is -0.131. The standard InChI is InChI=1S/C26H30FN5O3.C12H19N/c1-17-5-11-20(12-6-17)29-24-23(18-7-9-19(27)10-8-18)30-21-16-31(13-14-32(21)24)22(33)15-28-25(34)35-26(2,3)4;1-3-4-5-10-13-12-8-6-11(2)7-9-12/h5-12,29H,13-16H2,1-4H3,(H,28,34);6-9,13H,3-5,10H2,1-2H3. The zero-order valence-electron chi connectivity index (χ0n) is 29.0. The van der Waals surface area contributed by atoms with E-state index in [-0.39, 0.29) is 18.3 Å². The fourth-order valence-electron chi connectivity index (χ4n) is 5.11. The summed E-state index contributed by atoms with van der Waals surface area (Å²) in [5.41, 5.74) is 5.43. The highest BCUT2D eigenvalue weighted by Crippen LogP contribution is 2.33. The Hall–Kier alpha value is -4.86. The third kappa shape index (κ3) is 10.9. The molecular formula is C38H49FN6O3. The molecule has 0 aliphatic carbocycles. The molecule has 1 aliphatic heterocycles. The molecule has 0 atom stereocenters. The van der Waals surface area contributed by atoms with Crippen molar-refractivity contribution in [2.45, 2.75) is 79.5 Å². The monoisotopic (exact) mass is 656 g/mol. The van der Waals surface area contributed by atoms with Gasteiger partial charge in [-0.2, -0.15) is 0 Å². The van der Waals surface area contributed by atoms with Gasteiger partial charge in [-0.15, -0.1) is 0 Å². The Bertz CT molecular complexity index is 1630. The molecule has 2 heterocycles. The van der Waals surface area contributed by atoms with E-state index in [1.54, 1.807) is 37.8 Å². The number of unbranched alkanes of at least 4 members (excludes halogenated alkanes) is 2. The van der Waals surface area contributed by atoms with Gasteiger partial charge < -0.3 is 30.2 Å². The smallest absolute Gasteiger partial charge is 0.408 e. The molecule has 3 aromatic carbocycles. The number of alkyl carbamates (subject to hydrolysis) is 1. The molecule has 2 amide bonds. The molecule has 256 valence electrons. The average molecular weight is 657 g/mol. The molecule has 0 fully saturated rings. The Morgan fingerprint density at radius 1 is 0.875 bits per heavy atom. The topological polar surface area (TPSA) is 101 Å². The Balaban J connectivity index is 0.000000336. The largest absolute Gasteiger partial charge is 0.444 e. The SMILES string of the molecule is CCCCCNc1ccc(C)cc1.Cc1ccc(Nc2c(-c3ccc(F)cc3)nc3n2CCN(C(=O)CNC(=O)OC(C)(C)C)C3)cc1. The molecular weight excluding hydrogens is 607 g/mol. The van der Waals surface area contributed by atoms with E-state index in [0.717, 1.165) is 29.2 Å². The fraction of sp³-hybridized carbons (Fsp3) is 0.395. The quantitative estimate of drug-likeness (QED) is 0.149. The van der Waals surface area contributed by atoms with Gasteiger partial charge in [0, 0.05) is 36.6 Å². The van der Waals surface area contributed by atoms with Crippen LogP contribution in [0.1, 0.15) is 63.9 Å². The van der Waals surface area contributed by atoms with Crippen molar-refractivity contribution < 1.29 is 18.7 Å². The van der Waals surface area contributed by atoms with Gasteiger partial charge in [0.2, 0.25) is 5.91 Å². The molecule has 0 radical (unpaired) electrons. The average Bonchev–Trinajstić information content (AvgIpc) is 3.41. The van der Waals surface area contributed by atoms with Crippen LogP contribution in [0.2, 0.25) is 0 Å². The first-order chi connectivity index (χ1) is 22.9. The highest BCUT2D eigenvalue weighted by atomic mass is 19.1. The number of carbonyl (C=O) groups excluding carboxylic acids is 2. The number of amides is 2. The number of aryl methyl sites for hydroxylation is 2. The molecule has 5 rings (SSSR count). The summed E-state index contributed by atoms with van der Waals surface area (Å²) in [7, 11) is 0. The van der Waals surface area contributed by atoms with Gasteiger partial charge in [0.25, 0.3) is 0 Å². The van der Waals surface area contributed by atoms with Crippen LogP contribution in [0.25, 0.3) is 11.3 Å². The van der Waals surface area contributed by atoms with Gasteiger partial charge in [-0.1, -0.05) is 55.2 Å². The van der Waals surface area contributed by atoms with E-state index in [9.17, 15) is 14.0 Å². The second kappa shape index (κ2) is 16.8. The molecule has 0 saturated heterocycles. The van der Waals surface area contributed by atoms with E-state index in [1.807, 2.05) is 35.8 Å². The Kier molecular flexibility index (Phi) is 12.6. The van der Waals surface area contributed by atoms with E-state index in [2.05, 4.69) is 54.1 Å². The van der Waals surface area contributed by atoms with Gasteiger partial charge in [-0.25, -0.2) is 14.2 Å². The first kappa shape index (κ1) is 36.0. The van der Waals surface area contributed by atoms with Crippen LogP contribution >= 0.6 is 0 Å². The summed E-state index contributed by atoms with van der Waals surface area (Å²) in [5, 5.41) is 9.38. The van der Waals surface area contributed by atoms with Crippen molar-refractivity contribution in [3.05, 3.63) is 95.6 Å². The molecule has 0 bridgehead atoms. The van der Waals surface area contributed by atoms with Crippen LogP contribution in [-0.2, 0) is 22.6 Å². The predicted molar refractivity (Wildman–Crippen MR) is 191 cm³/mol. The van der Waals surface area contributed by atoms with Gasteiger partial charge in [-0.3, -0.25) is 4.79 Å². The predicted octanol–water partition coefficient (Wildman–Crippen LogP) is 8.21. The Morgan fingerprint density at radius 3 is 2.10 bits per heavy atom. The van der Waals surface area contributed by atoms with Crippen LogP contribution in [0.5, 0.6) is 0 Å². The third-order valence-electron chi connectivity index (χ3n) is 7.70. The lowest BCUT2D eigenvalue weighted by Crippen LogP contribution is -2.44. The lowest BCUT2D eigenvalue weighted by Gasteiger charge is -2.29. The molecule has 3 N–H and O–H groups in total. The Labute approximate surface area is 283 Å². The molecule has 0 unspecified atom stereocenters. The number of benzene rings is 3. The first-order valence-electron chi connectivity index (χ1n) is 16.7. The third-order valence-corrected chi connectivity index (χ3v) is 7.70. The maximum Gasteiger partial charge on any atom is 0.408 e. The van der Waals surface area contributed by atoms with Gasteiger partial charge in [0.05, 0.1) is 6.54 Å². The van der Waals surface area contributed by atoms with Crippen LogP contribution < -0.4 is 16.0 Å². The maximum absolute atomic E-state index is 13.6. The number of ether oxygens (including phenoxy) is 1. The summed E-state index contributed by atoms with van der Waals surface area (Å²) in [4.78, 5) is 31.1. The number of hydrogen-bond donors (Lipinski definition) is 3. The van der Waals surface area contributed by atoms with Crippen LogP contribution in [0, 0.1) is 19.7 Å². The van der Waals surface area contributed by atoms with Crippen molar-refractivity contribution in [2.75, 3.05) is 30.3 Å². The summed E-state index contributed by atoms with van der Waals surface area (Å²) >= 11 is 0. The molecule has 4 aromatic rings. The zero-order valence-corrected chi connectivity index (χ0v) is 29.0. The highest BCUT2D eigenvalue weighted by molar-refractivity contribution is 5.83. The van der Waals surface area contributed by atoms with Crippen LogP contribution in [0.15, 0.2) is 72.8 Å². The number of nitrogens with one attached hydrogen (secondary N) is 3. The number of halogens is 1. The number of fused-ring (bicyclic) bond motifs is 1. The van der Waals surface area contributed by atoms with Crippen LogP contribution in [0.4, 0.5) is 26.4 Å². The lowest BCUT2D eigenvalue weighted by atomic mass is 10.1. The van der Waals surface area contributed by atoms with Crippen molar-refractivity contribution in [3.8, 4) is 11.3 Å². The van der Waals surface area contributed by atoms with Gasteiger partial charge in [0.15, 0.2) is 0 Å². The normalized spacial score (nSPS) is 12.4. The number of imidazole rings is 1. The number of anilines is 3. The maximum atomic E-state index is 13.6. The van der Waals surface area contributed by atoms with Crippen molar-refractivity contribution in [1.82, 2.24) is 19.8 Å². The van der Waals surface area contributed by atoms with Crippen LogP contribution in [-0.4, -0.2) is 51.7 Å².